The summed E-state index contributed by atoms with van der Waals surface area (Å²) in [6.45, 7) is 12.4. The molecule has 2 heteroatoms. The number of benzene rings is 1. The van der Waals surface area contributed by atoms with E-state index < -0.39 is 0 Å². The molecule has 1 heterocycles. The van der Waals surface area contributed by atoms with Gasteiger partial charge in [-0.3, -0.25) is 4.90 Å². The van der Waals surface area contributed by atoms with Crippen molar-refractivity contribution in [3.63, 3.8) is 0 Å². The zero-order chi connectivity index (χ0) is 15.4. The molecule has 1 aliphatic heterocycles. The third-order valence-electron chi connectivity index (χ3n) is 5.11. The molecular weight excluding hydrogens is 256 g/mol. The molecule has 1 fully saturated rings. The highest BCUT2D eigenvalue weighted by molar-refractivity contribution is 5.38. The van der Waals surface area contributed by atoms with Crippen LogP contribution in [-0.2, 0) is 0 Å². The number of hydrogen-bond acceptors (Lipinski definition) is 2. The summed E-state index contributed by atoms with van der Waals surface area (Å²) in [6, 6.07) is 5.37. The van der Waals surface area contributed by atoms with Gasteiger partial charge < -0.3 is 5.32 Å². The van der Waals surface area contributed by atoms with Crippen molar-refractivity contribution in [3.05, 3.63) is 34.4 Å². The molecule has 0 saturated carbocycles. The second-order valence-corrected chi connectivity index (χ2v) is 6.78. The molecule has 1 aromatic rings. The number of nitrogens with zero attached hydrogens (tertiary/aromatic N) is 1. The zero-order valence-corrected chi connectivity index (χ0v) is 14.5. The topological polar surface area (TPSA) is 15.3 Å². The molecule has 2 unspecified atom stereocenters. The highest BCUT2D eigenvalue weighted by atomic mass is 15.1. The highest BCUT2D eigenvalue weighted by Crippen LogP contribution is 2.36. The van der Waals surface area contributed by atoms with Crippen molar-refractivity contribution in [2.24, 2.45) is 5.92 Å². The average Bonchev–Trinajstić information content (AvgIpc) is 2.62. The van der Waals surface area contributed by atoms with E-state index in [9.17, 15) is 0 Å². The van der Waals surface area contributed by atoms with Crippen LogP contribution in [0.15, 0.2) is 12.1 Å². The normalized spacial score (nSPS) is 24.0. The molecule has 1 saturated heterocycles. The Morgan fingerprint density at radius 3 is 2.52 bits per heavy atom. The molecule has 1 N–H and O–H groups in total. The summed E-state index contributed by atoms with van der Waals surface area (Å²) in [6.07, 6.45) is 4.04. The van der Waals surface area contributed by atoms with E-state index in [0.29, 0.717) is 6.04 Å². The van der Waals surface area contributed by atoms with Gasteiger partial charge in [-0.25, -0.2) is 0 Å². The van der Waals surface area contributed by atoms with Crippen LogP contribution in [-0.4, -0.2) is 31.6 Å². The summed E-state index contributed by atoms with van der Waals surface area (Å²) in [5, 5.41) is 3.58. The maximum Gasteiger partial charge on any atom is 0.0388 e. The molecule has 2 atom stereocenters. The standard InChI is InChI=1S/C19H32N2/c1-6-20-13-17-9-7-8-10-21(5)19(17)18-12-15(3)14(2)11-16(18)4/h11-12,17,19-20H,6-10,13H2,1-5H3. The molecule has 21 heavy (non-hydrogen) atoms. The predicted molar refractivity (Wildman–Crippen MR) is 91.9 cm³/mol. The Labute approximate surface area is 130 Å². The van der Waals surface area contributed by atoms with Crippen LogP contribution < -0.4 is 5.32 Å². The third kappa shape index (κ3) is 3.87. The van der Waals surface area contributed by atoms with Crippen molar-refractivity contribution in [2.75, 3.05) is 26.7 Å². The van der Waals surface area contributed by atoms with Crippen molar-refractivity contribution in [2.45, 2.75) is 53.0 Å². The quantitative estimate of drug-likeness (QED) is 0.901. The van der Waals surface area contributed by atoms with E-state index in [1.807, 2.05) is 0 Å². The summed E-state index contributed by atoms with van der Waals surface area (Å²) in [4.78, 5) is 2.59. The van der Waals surface area contributed by atoms with Crippen LogP contribution in [0.25, 0.3) is 0 Å². The van der Waals surface area contributed by atoms with Gasteiger partial charge in [0.2, 0.25) is 0 Å². The maximum absolute atomic E-state index is 3.58. The van der Waals surface area contributed by atoms with Gasteiger partial charge >= 0.3 is 0 Å². The number of likely N-dealkylation sites (tertiary alicyclic amines) is 1. The molecule has 0 spiro atoms. The van der Waals surface area contributed by atoms with E-state index >= 15 is 0 Å². The molecule has 0 aromatic heterocycles. The van der Waals surface area contributed by atoms with E-state index in [-0.39, 0.29) is 0 Å². The van der Waals surface area contributed by atoms with Gasteiger partial charge in [0.1, 0.15) is 0 Å². The van der Waals surface area contributed by atoms with Gasteiger partial charge in [0.05, 0.1) is 0 Å². The van der Waals surface area contributed by atoms with Crippen molar-refractivity contribution >= 4 is 0 Å². The molecular formula is C19H32N2. The van der Waals surface area contributed by atoms with Crippen molar-refractivity contribution in [1.82, 2.24) is 10.2 Å². The minimum Gasteiger partial charge on any atom is -0.317 e. The van der Waals surface area contributed by atoms with Crippen molar-refractivity contribution in [1.29, 1.82) is 0 Å². The van der Waals surface area contributed by atoms with E-state index in [4.69, 9.17) is 0 Å². The van der Waals surface area contributed by atoms with Gasteiger partial charge in [0.15, 0.2) is 0 Å². The van der Waals surface area contributed by atoms with Gasteiger partial charge in [0, 0.05) is 6.04 Å². The number of hydrogen-bond donors (Lipinski definition) is 1. The predicted octanol–water partition coefficient (Wildman–Crippen LogP) is 3.99. The SMILES string of the molecule is CCNCC1CCCCN(C)C1c1cc(C)c(C)cc1C. The molecule has 1 aliphatic rings. The summed E-state index contributed by atoms with van der Waals surface area (Å²) in [5.41, 5.74) is 5.84. The molecule has 0 amide bonds. The van der Waals surface area contributed by atoms with E-state index in [1.54, 1.807) is 5.56 Å². The highest BCUT2D eigenvalue weighted by Gasteiger charge is 2.29. The van der Waals surface area contributed by atoms with Crippen LogP contribution in [0.5, 0.6) is 0 Å². The van der Waals surface area contributed by atoms with Gasteiger partial charge in [-0.15, -0.1) is 0 Å². The van der Waals surface area contributed by atoms with Crippen LogP contribution in [0.2, 0.25) is 0 Å². The second kappa shape index (κ2) is 7.42. The van der Waals surface area contributed by atoms with E-state index in [0.717, 1.165) is 19.0 Å². The Hall–Kier alpha value is -0.860. The Morgan fingerprint density at radius 2 is 1.81 bits per heavy atom. The first-order valence-electron chi connectivity index (χ1n) is 8.53. The summed E-state index contributed by atoms with van der Waals surface area (Å²) < 4.78 is 0. The number of rotatable bonds is 4. The Kier molecular flexibility index (Phi) is 5.83. The fourth-order valence-electron chi connectivity index (χ4n) is 3.76. The first-order chi connectivity index (χ1) is 10.0. The molecule has 2 nitrogen and oxygen atoms in total. The van der Waals surface area contributed by atoms with Crippen LogP contribution >= 0.6 is 0 Å². The second-order valence-electron chi connectivity index (χ2n) is 6.78. The Morgan fingerprint density at radius 1 is 1.10 bits per heavy atom. The maximum atomic E-state index is 3.58. The smallest absolute Gasteiger partial charge is 0.0388 e. The van der Waals surface area contributed by atoms with Crippen molar-refractivity contribution in [3.8, 4) is 0 Å². The summed E-state index contributed by atoms with van der Waals surface area (Å²) >= 11 is 0. The lowest BCUT2D eigenvalue weighted by atomic mass is 9.85. The fourth-order valence-corrected chi connectivity index (χ4v) is 3.76. The Bertz CT molecular complexity index is 467. The fraction of sp³-hybridized carbons (Fsp3) is 0.684. The molecule has 118 valence electrons. The largest absolute Gasteiger partial charge is 0.317 e. The van der Waals surface area contributed by atoms with Gasteiger partial charge in [0.25, 0.3) is 0 Å². The minimum absolute atomic E-state index is 0.561. The molecule has 0 bridgehead atoms. The Balaban J connectivity index is 2.36. The van der Waals surface area contributed by atoms with Gasteiger partial charge in [-0.2, -0.15) is 0 Å². The minimum atomic E-state index is 0.561. The lowest BCUT2D eigenvalue weighted by Gasteiger charge is -2.34. The summed E-state index contributed by atoms with van der Waals surface area (Å²) in [7, 11) is 2.31. The van der Waals surface area contributed by atoms with E-state index in [1.165, 1.54) is 42.5 Å². The van der Waals surface area contributed by atoms with Crippen molar-refractivity contribution < 1.29 is 0 Å². The molecule has 2 rings (SSSR count). The lowest BCUT2D eigenvalue weighted by molar-refractivity contribution is 0.189. The van der Waals surface area contributed by atoms with Gasteiger partial charge in [-0.1, -0.05) is 25.5 Å². The van der Waals surface area contributed by atoms with Crippen LogP contribution in [0.3, 0.4) is 0 Å². The third-order valence-corrected chi connectivity index (χ3v) is 5.11. The molecule has 0 radical (unpaired) electrons. The van der Waals surface area contributed by atoms with Crippen LogP contribution in [0.1, 0.15) is 54.5 Å². The van der Waals surface area contributed by atoms with Gasteiger partial charge in [-0.05, 0) is 88.5 Å². The number of aryl methyl sites for hydroxylation is 3. The monoisotopic (exact) mass is 288 g/mol. The lowest BCUT2D eigenvalue weighted by Crippen LogP contribution is -2.35. The van der Waals surface area contributed by atoms with Crippen LogP contribution in [0.4, 0.5) is 0 Å². The number of nitrogens with one attached hydrogen (secondary N) is 1. The first kappa shape index (κ1) is 16.5. The van der Waals surface area contributed by atoms with E-state index in [2.05, 4.69) is 57.1 Å². The summed E-state index contributed by atoms with van der Waals surface area (Å²) in [5.74, 6) is 0.721. The average molecular weight is 288 g/mol. The molecule has 1 aromatic carbocycles. The first-order valence-corrected chi connectivity index (χ1v) is 8.53. The van der Waals surface area contributed by atoms with Crippen LogP contribution in [0, 0.1) is 26.7 Å². The molecule has 0 aliphatic carbocycles. The zero-order valence-electron chi connectivity index (χ0n) is 14.5.